The third-order valence-corrected chi connectivity index (χ3v) is 4.56. The van der Waals surface area contributed by atoms with Gasteiger partial charge in [-0.1, -0.05) is 34.4 Å². The molecule has 6 nitrogen and oxygen atoms in total. The number of amides is 1. The highest BCUT2D eigenvalue weighted by Gasteiger charge is 2.28. The second kappa shape index (κ2) is 8.76. The maximum absolute atomic E-state index is 12.4. The lowest BCUT2D eigenvalue weighted by Crippen LogP contribution is -2.30. The van der Waals surface area contributed by atoms with Crippen molar-refractivity contribution in [3.63, 3.8) is 0 Å². The van der Waals surface area contributed by atoms with Gasteiger partial charge in [-0.15, -0.1) is 12.4 Å². The van der Waals surface area contributed by atoms with E-state index in [1.807, 2.05) is 0 Å². The molecule has 0 aliphatic carbocycles. The molecule has 1 aliphatic heterocycles. The number of rotatable bonds is 5. The van der Waals surface area contributed by atoms with E-state index in [2.05, 4.69) is 5.16 Å². The Morgan fingerprint density at radius 1 is 1.40 bits per heavy atom. The summed E-state index contributed by atoms with van der Waals surface area (Å²) in [5.41, 5.74) is 5.91. The number of ether oxygens (including phenoxy) is 1. The van der Waals surface area contributed by atoms with Crippen LogP contribution in [0.1, 0.15) is 22.7 Å². The molecule has 1 amide bonds. The van der Waals surface area contributed by atoms with Crippen molar-refractivity contribution in [1.29, 1.82) is 0 Å². The van der Waals surface area contributed by atoms with Crippen molar-refractivity contribution in [3.8, 4) is 5.75 Å². The maximum Gasteiger partial charge on any atom is 0.276 e. The maximum atomic E-state index is 12.4. The summed E-state index contributed by atoms with van der Waals surface area (Å²) in [6.07, 6.45) is 0.918. The van der Waals surface area contributed by atoms with Gasteiger partial charge in [-0.25, -0.2) is 0 Å². The molecule has 2 heterocycles. The van der Waals surface area contributed by atoms with Gasteiger partial charge in [0.2, 0.25) is 0 Å². The molecular weight excluding hydrogens is 389 g/mol. The number of aromatic nitrogens is 1. The highest BCUT2D eigenvalue weighted by atomic mass is 35.5. The zero-order chi connectivity index (χ0) is 17.1. The number of benzene rings is 1. The second-order valence-electron chi connectivity index (χ2n) is 5.66. The lowest BCUT2D eigenvalue weighted by atomic mass is 10.1. The fourth-order valence-corrected chi connectivity index (χ4v) is 3.12. The second-order valence-corrected chi connectivity index (χ2v) is 6.47. The Morgan fingerprint density at radius 3 is 2.76 bits per heavy atom. The number of halogens is 3. The summed E-state index contributed by atoms with van der Waals surface area (Å²) in [5.74, 6) is 0.988. The van der Waals surface area contributed by atoms with Crippen LogP contribution in [0.5, 0.6) is 5.75 Å². The lowest BCUT2D eigenvalue weighted by molar-refractivity contribution is 0.0777. The topological polar surface area (TPSA) is 81.6 Å². The van der Waals surface area contributed by atoms with Crippen LogP contribution >= 0.6 is 35.6 Å². The molecule has 1 aromatic carbocycles. The van der Waals surface area contributed by atoms with Gasteiger partial charge in [0.05, 0.1) is 10.0 Å². The molecule has 1 saturated heterocycles. The predicted octanol–water partition coefficient (Wildman–Crippen LogP) is 3.40. The molecule has 9 heteroatoms. The van der Waals surface area contributed by atoms with Gasteiger partial charge in [0.1, 0.15) is 6.61 Å². The van der Waals surface area contributed by atoms with Gasteiger partial charge in [0, 0.05) is 19.2 Å². The van der Waals surface area contributed by atoms with Gasteiger partial charge < -0.3 is 19.9 Å². The number of para-hydroxylation sites is 1. The Hall–Kier alpha value is -1.47. The summed E-state index contributed by atoms with van der Waals surface area (Å²) in [7, 11) is 0. The summed E-state index contributed by atoms with van der Waals surface area (Å²) in [6, 6.07) is 6.66. The normalized spacial score (nSPS) is 16.6. The molecule has 1 fully saturated rings. The molecule has 1 atom stereocenters. The molecule has 2 N–H and O–H groups in total. The molecule has 0 saturated carbocycles. The fourth-order valence-electron chi connectivity index (χ4n) is 2.62. The molecule has 3 rings (SSSR count). The van der Waals surface area contributed by atoms with E-state index >= 15 is 0 Å². The molecule has 1 unspecified atom stereocenters. The van der Waals surface area contributed by atoms with E-state index in [1.54, 1.807) is 29.2 Å². The van der Waals surface area contributed by atoms with E-state index in [-0.39, 0.29) is 30.6 Å². The number of carbonyl (C=O) groups excluding carboxylic acids is 1. The Bertz CT molecular complexity index is 718. The number of carbonyl (C=O) groups is 1. The summed E-state index contributed by atoms with van der Waals surface area (Å²) < 4.78 is 10.7. The molecule has 1 aliphatic rings. The van der Waals surface area contributed by atoms with Crippen LogP contribution in [0, 0.1) is 5.92 Å². The van der Waals surface area contributed by atoms with Gasteiger partial charge in [-0.2, -0.15) is 0 Å². The number of nitrogens with zero attached hydrogens (tertiary/aromatic N) is 2. The van der Waals surface area contributed by atoms with Crippen LogP contribution in [0.4, 0.5) is 0 Å². The van der Waals surface area contributed by atoms with E-state index in [0.717, 1.165) is 6.42 Å². The van der Waals surface area contributed by atoms with Crippen LogP contribution in [0.2, 0.25) is 10.0 Å². The van der Waals surface area contributed by atoms with Crippen molar-refractivity contribution in [2.45, 2.75) is 13.0 Å². The van der Waals surface area contributed by atoms with Gasteiger partial charge in [0.15, 0.2) is 17.2 Å². The monoisotopic (exact) mass is 405 g/mol. The van der Waals surface area contributed by atoms with Gasteiger partial charge in [0.25, 0.3) is 5.91 Å². The largest absolute Gasteiger partial charge is 0.482 e. The van der Waals surface area contributed by atoms with Crippen LogP contribution in [-0.4, -0.2) is 35.6 Å². The minimum atomic E-state index is -0.156. The SMILES string of the molecule is Cl.NCC1CCN(C(=O)c2cc(COc3c(Cl)cccc3Cl)on2)C1. The first-order valence-electron chi connectivity index (χ1n) is 7.60. The third-order valence-electron chi connectivity index (χ3n) is 3.96. The summed E-state index contributed by atoms with van der Waals surface area (Å²) >= 11 is 12.1. The number of likely N-dealkylation sites (tertiary alicyclic amines) is 1. The van der Waals surface area contributed by atoms with Crippen LogP contribution in [0.3, 0.4) is 0 Å². The number of hydrogen-bond donors (Lipinski definition) is 1. The van der Waals surface area contributed by atoms with Crippen molar-refractivity contribution < 1.29 is 14.1 Å². The predicted molar refractivity (Wildman–Crippen MR) is 97.6 cm³/mol. The zero-order valence-electron chi connectivity index (χ0n) is 13.3. The Morgan fingerprint density at radius 2 is 2.12 bits per heavy atom. The van der Waals surface area contributed by atoms with Crippen molar-refractivity contribution >= 4 is 41.5 Å². The van der Waals surface area contributed by atoms with Gasteiger partial charge in [-0.05, 0) is 31.0 Å². The molecule has 2 aromatic rings. The minimum Gasteiger partial charge on any atom is -0.482 e. The molecule has 0 radical (unpaired) electrons. The molecule has 0 spiro atoms. The van der Waals surface area contributed by atoms with Crippen LogP contribution in [-0.2, 0) is 6.61 Å². The van der Waals surface area contributed by atoms with Crippen LogP contribution in [0.15, 0.2) is 28.8 Å². The number of hydrogen-bond acceptors (Lipinski definition) is 5. The summed E-state index contributed by atoms with van der Waals surface area (Å²) in [5, 5.41) is 4.64. The Labute approximate surface area is 161 Å². The summed E-state index contributed by atoms with van der Waals surface area (Å²) in [6.45, 7) is 2.01. The van der Waals surface area contributed by atoms with Gasteiger partial charge >= 0.3 is 0 Å². The highest BCUT2D eigenvalue weighted by molar-refractivity contribution is 6.37. The van der Waals surface area contributed by atoms with Gasteiger partial charge in [-0.3, -0.25) is 4.79 Å². The minimum absolute atomic E-state index is 0. The standard InChI is InChI=1S/C16H17Cl2N3O3.ClH/c17-12-2-1-3-13(18)15(12)23-9-11-6-14(20-24-11)16(22)21-5-4-10(7-19)8-21;/h1-3,6,10H,4-5,7-9,19H2;1H. The number of nitrogens with two attached hydrogens (primary N) is 1. The molecule has 1 aromatic heterocycles. The van der Waals surface area contributed by atoms with Crippen LogP contribution in [0.25, 0.3) is 0 Å². The molecule has 25 heavy (non-hydrogen) atoms. The van der Waals surface area contributed by atoms with E-state index in [9.17, 15) is 4.79 Å². The van der Waals surface area contributed by atoms with Crippen molar-refractivity contribution in [2.24, 2.45) is 11.7 Å². The lowest BCUT2D eigenvalue weighted by Gasteiger charge is -2.13. The first-order chi connectivity index (χ1) is 11.6. The van der Waals surface area contributed by atoms with Crippen molar-refractivity contribution in [3.05, 3.63) is 45.8 Å². The summed E-state index contributed by atoms with van der Waals surface area (Å²) in [4.78, 5) is 14.1. The quantitative estimate of drug-likeness (QED) is 0.823. The average Bonchev–Trinajstić information content (AvgIpc) is 3.23. The van der Waals surface area contributed by atoms with Crippen molar-refractivity contribution in [2.75, 3.05) is 19.6 Å². The Balaban J connectivity index is 0.00000225. The van der Waals surface area contributed by atoms with E-state index < -0.39 is 0 Å². The van der Waals surface area contributed by atoms with E-state index in [4.69, 9.17) is 38.2 Å². The molecule has 0 bridgehead atoms. The molecular formula is C16H18Cl3N3O3. The van der Waals surface area contributed by atoms with E-state index in [1.165, 1.54) is 0 Å². The first kappa shape index (κ1) is 19.8. The first-order valence-corrected chi connectivity index (χ1v) is 8.36. The Kier molecular flexibility index (Phi) is 6.95. The highest BCUT2D eigenvalue weighted by Crippen LogP contribution is 2.33. The fraction of sp³-hybridized carbons (Fsp3) is 0.375. The smallest absolute Gasteiger partial charge is 0.276 e. The molecule has 136 valence electrons. The zero-order valence-corrected chi connectivity index (χ0v) is 15.6. The average molecular weight is 407 g/mol. The van der Waals surface area contributed by atoms with Crippen molar-refractivity contribution in [1.82, 2.24) is 10.1 Å². The van der Waals surface area contributed by atoms with E-state index in [0.29, 0.717) is 47.1 Å². The van der Waals surface area contributed by atoms with Crippen LogP contribution < -0.4 is 10.5 Å². The third kappa shape index (κ3) is 4.58.